The fourth-order valence-corrected chi connectivity index (χ4v) is 5.15. The lowest BCUT2D eigenvalue weighted by Crippen LogP contribution is -2.66. The van der Waals surface area contributed by atoms with Crippen molar-refractivity contribution in [2.75, 3.05) is 13.2 Å². The highest BCUT2D eigenvalue weighted by atomic mass is 79.9. The minimum absolute atomic E-state index is 0.460. The zero-order valence-electron chi connectivity index (χ0n) is 25.0. The van der Waals surface area contributed by atoms with Gasteiger partial charge in [0.15, 0.2) is 41.8 Å². The minimum atomic E-state index is -1.73. The van der Waals surface area contributed by atoms with Gasteiger partial charge in [-0.3, -0.25) is 33.6 Å². The van der Waals surface area contributed by atoms with E-state index in [4.69, 9.17) is 47.4 Å². The topological polar surface area (TPSA) is 212 Å². The van der Waals surface area contributed by atoms with E-state index >= 15 is 0 Å². The standard InChI is InChI=1S/C26H35BrO17/c1-10(28)35-8-17-20(21(38-13(4)31)23(25(27)42-17)40-15(6)33)44-26-24(41-16(7)34)22(39-14(5)32)19(37-12(3)30)18(43-26)9-36-11(2)29/h17-26H,8-9H2,1-7H3/t17-,18+,19-,20-,21+,22-,23-,24+,25+,26-/m0/s1. The van der Waals surface area contributed by atoms with Gasteiger partial charge in [0.2, 0.25) is 0 Å². The second kappa shape index (κ2) is 16.6. The summed E-state index contributed by atoms with van der Waals surface area (Å²) in [6, 6.07) is 0. The maximum atomic E-state index is 12.2. The van der Waals surface area contributed by atoms with Crippen molar-refractivity contribution in [3.63, 3.8) is 0 Å². The van der Waals surface area contributed by atoms with Gasteiger partial charge in [0.1, 0.15) is 31.5 Å². The Kier molecular flexibility index (Phi) is 13.9. The average molecular weight is 699 g/mol. The van der Waals surface area contributed by atoms with Gasteiger partial charge in [-0.05, 0) is 0 Å². The van der Waals surface area contributed by atoms with E-state index in [1.54, 1.807) is 0 Å². The molecule has 2 saturated heterocycles. The van der Waals surface area contributed by atoms with Crippen molar-refractivity contribution in [1.29, 1.82) is 0 Å². The molecule has 18 heteroatoms. The summed E-state index contributed by atoms with van der Waals surface area (Å²) in [5.41, 5.74) is 0. The van der Waals surface area contributed by atoms with E-state index in [0.717, 1.165) is 48.5 Å². The first kappa shape index (κ1) is 36.8. The van der Waals surface area contributed by atoms with E-state index in [1.807, 2.05) is 0 Å². The van der Waals surface area contributed by atoms with Gasteiger partial charge in [0, 0.05) is 48.5 Å². The van der Waals surface area contributed by atoms with Gasteiger partial charge in [-0.2, -0.15) is 0 Å². The first-order valence-corrected chi connectivity index (χ1v) is 14.1. The molecule has 0 bridgehead atoms. The molecule has 2 aliphatic heterocycles. The number of halogens is 1. The Balaban J connectivity index is 2.66. The third kappa shape index (κ3) is 11.0. The van der Waals surface area contributed by atoms with Gasteiger partial charge >= 0.3 is 41.8 Å². The highest BCUT2D eigenvalue weighted by molar-refractivity contribution is 9.09. The Morgan fingerprint density at radius 2 is 0.841 bits per heavy atom. The Morgan fingerprint density at radius 1 is 0.477 bits per heavy atom. The Morgan fingerprint density at radius 3 is 1.27 bits per heavy atom. The van der Waals surface area contributed by atoms with E-state index in [-0.39, 0.29) is 0 Å². The van der Waals surface area contributed by atoms with Crippen molar-refractivity contribution >= 4 is 57.7 Å². The van der Waals surface area contributed by atoms with E-state index in [9.17, 15) is 33.6 Å². The van der Waals surface area contributed by atoms with Crippen molar-refractivity contribution < 1.29 is 80.9 Å². The molecule has 0 aromatic carbocycles. The maximum absolute atomic E-state index is 12.2. The lowest BCUT2D eigenvalue weighted by Gasteiger charge is -2.48. The van der Waals surface area contributed by atoms with Crippen LogP contribution in [0.1, 0.15) is 48.5 Å². The second-order valence-electron chi connectivity index (χ2n) is 9.64. The van der Waals surface area contributed by atoms with Crippen LogP contribution in [0.25, 0.3) is 0 Å². The molecular formula is C26H35BrO17. The molecule has 0 aromatic rings. The van der Waals surface area contributed by atoms with Crippen LogP contribution in [0.15, 0.2) is 0 Å². The third-order valence-electron chi connectivity index (χ3n) is 5.87. The molecule has 10 atom stereocenters. The lowest BCUT2D eigenvalue weighted by molar-refractivity contribution is -0.341. The number of ether oxygens (including phenoxy) is 10. The smallest absolute Gasteiger partial charge is 0.303 e. The molecule has 2 aliphatic rings. The van der Waals surface area contributed by atoms with Crippen LogP contribution in [0.4, 0.5) is 0 Å². The van der Waals surface area contributed by atoms with Crippen LogP contribution in [0.3, 0.4) is 0 Å². The van der Waals surface area contributed by atoms with Crippen molar-refractivity contribution in [1.82, 2.24) is 0 Å². The molecule has 0 aromatic heterocycles. The van der Waals surface area contributed by atoms with Gasteiger partial charge in [-0.15, -0.1) is 0 Å². The molecule has 0 amide bonds. The fraction of sp³-hybridized carbons (Fsp3) is 0.731. The van der Waals surface area contributed by atoms with Crippen LogP contribution >= 0.6 is 15.9 Å². The van der Waals surface area contributed by atoms with Crippen molar-refractivity contribution in [3.8, 4) is 0 Å². The van der Waals surface area contributed by atoms with Crippen LogP contribution in [0, 0.1) is 0 Å². The van der Waals surface area contributed by atoms with Crippen molar-refractivity contribution in [2.24, 2.45) is 0 Å². The largest absolute Gasteiger partial charge is 0.463 e. The maximum Gasteiger partial charge on any atom is 0.303 e. The zero-order valence-corrected chi connectivity index (χ0v) is 26.6. The van der Waals surface area contributed by atoms with E-state index in [2.05, 4.69) is 15.9 Å². The number of alkyl halides is 1. The summed E-state index contributed by atoms with van der Waals surface area (Å²) in [6.07, 6.45) is -13.2. The second-order valence-corrected chi connectivity index (χ2v) is 10.5. The predicted octanol–water partition coefficient (Wildman–Crippen LogP) is 0.00100. The predicted molar refractivity (Wildman–Crippen MR) is 142 cm³/mol. The van der Waals surface area contributed by atoms with Crippen molar-refractivity contribution in [2.45, 2.75) is 109 Å². The van der Waals surface area contributed by atoms with Gasteiger partial charge in [0.05, 0.1) is 0 Å². The van der Waals surface area contributed by atoms with Crippen LogP contribution in [0.2, 0.25) is 0 Å². The van der Waals surface area contributed by atoms with Gasteiger partial charge < -0.3 is 47.4 Å². The number of hydrogen-bond acceptors (Lipinski definition) is 17. The first-order valence-electron chi connectivity index (χ1n) is 13.2. The molecule has 0 unspecified atom stereocenters. The molecular weight excluding hydrogens is 664 g/mol. The highest BCUT2D eigenvalue weighted by Gasteiger charge is 2.57. The monoisotopic (exact) mass is 698 g/mol. The zero-order chi connectivity index (χ0) is 33.3. The van der Waals surface area contributed by atoms with E-state index in [1.165, 1.54) is 0 Å². The van der Waals surface area contributed by atoms with Crippen LogP contribution < -0.4 is 0 Å². The average Bonchev–Trinajstić information content (AvgIpc) is 2.87. The summed E-state index contributed by atoms with van der Waals surface area (Å²) in [5.74, 6) is -5.63. The van der Waals surface area contributed by atoms with E-state index < -0.39 is 115 Å². The molecule has 2 fully saturated rings. The molecule has 0 saturated carbocycles. The van der Waals surface area contributed by atoms with Gasteiger partial charge in [-0.1, -0.05) is 15.9 Å². The number of carbonyl (C=O) groups is 7. The molecule has 44 heavy (non-hydrogen) atoms. The molecule has 2 rings (SSSR count). The summed E-state index contributed by atoms with van der Waals surface area (Å²) in [7, 11) is 0. The summed E-state index contributed by atoms with van der Waals surface area (Å²) < 4.78 is 55.2. The Labute approximate surface area is 260 Å². The number of hydrogen-bond donors (Lipinski definition) is 0. The molecule has 248 valence electrons. The number of rotatable bonds is 11. The van der Waals surface area contributed by atoms with Crippen LogP contribution in [0.5, 0.6) is 0 Å². The van der Waals surface area contributed by atoms with Crippen molar-refractivity contribution in [3.05, 3.63) is 0 Å². The quantitative estimate of drug-likeness (QED) is 0.158. The summed E-state index contributed by atoms with van der Waals surface area (Å²) in [6.45, 7) is 6.57. The summed E-state index contributed by atoms with van der Waals surface area (Å²) >= 11 is 3.23. The molecule has 2 heterocycles. The summed E-state index contributed by atoms with van der Waals surface area (Å²) in [4.78, 5) is 83.8. The number of carbonyl (C=O) groups excluding carboxylic acids is 7. The third-order valence-corrected chi connectivity index (χ3v) is 6.61. The highest BCUT2D eigenvalue weighted by Crippen LogP contribution is 2.36. The SMILES string of the molecule is CC(=O)OC[C@@H]1O[C@@H](Br)[C@@H](OC(C)=O)[C@H](OC(C)=O)[C@H]1O[C@@H]1O[C@H](COC(C)=O)[C@H](OC(C)=O)[C@H](OC(C)=O)[C@H]1OC(C)=O. The number of esters is 7. The van der Waals surface area contributed by atoms with Gasteiger partial charge in [0.25, 0.3) is 0 Å². The minimum Gasteiger partial charge on any atom is -0.463 e. The normalized spacial score (nSPS) is 31.5. The molecule has 0 spiro atoms. The van der Waals surface area contributed by atoms with Crippen LogP contribution in [-0.2, 0) is 80.9 Å². The van der Waals surface area contributed by atoms with Gasteiger partial charge in [-0.25, -0.2) is 0 Å². The summed E-state index contributed by atoms with van der Waals surface area (Å²) in [5, 5.41) is -1.09. The Bertz CT molecular complexity index is 1090. The molecule has 0 aliphatic carbocycles. The molecule has 17 nitrogen and oxygen atoms in total. The fourth-order valence-electron chi connectivity index (χ4n) is 4.46. The van der Waals surface area contributed by atoms with Crippen LogP contribution in [-0.4, -0.2) is 115 Å². The lowest BCUT2D eigenvalue weighted by atomic mass is 9.96. The molecule has 0 radical (unpaired) electrons. The van der Waals surface area contributed by atoms with E-state index in [0.29, 0.717) is 0 Å². The first-order chi connectivity index (χ1) is 20.5. The Hall–Kier alpha value is -3.35. The molecule has 0 N–H and O–H groups in total.